The van der Waals surface area contributed by atoms with Crippen LogP contribution in [0.2, 0.25) is 0 Å². The van der Waals surface area contributed by atoms with E-state index < -0.39 is 82.7 Å². The van der Waals surface area contributed by atoms with Crippen molar-refractivity contribution in [1.29, 1.82) is 0 Å². The molecule has 4 atom stereocenters. The second kappa shape index (κ2) is 28.1. The Morgan fingerprint density at radius 2 is 1.03 bits per heavy atom. The number of amides is 6. The number of hydrogen-bond acceptors (Lipinski definition) is 10. The minimum absolute atomic E-state index is 0.0260. The molecule has 6 amide bonds. The zero-order chi connectivity index (χ0) is 53.6. The van der Waals surface area contributed by atoms with E-state index in [2.05, 4.69) is 31.9 Å². The first-order valence-corrected chi connectivity index (χ1v) is 24.8. The standard InChI is InChI=1S/C56H74N6O11/c1-38(2)35-45(49(65)59-44(51(67)68)32-33-47(63)62-56(40-25-15-10-16-26-40,41-27-17-11-18-28-41)42-29-19-12-20-30-42)60-48(64)43(31-21-22-34-57-52(69)73-55(6,7)8)58-50(66)46(37-72-54(3,4)5)61-53(70)71-36-39-23-13-9-14-24-39/h9-20,23-30,38,43-46H,21-22,31-37H2,1-8H3,(H,57,69)(H,58,66)(H,59,65)(H,60,64)(H,61,70)(H,62,63)(H,67,68)/t43-,44-,45-,46-/m0/s1. The van der Waals surface area contributed by atoms with E-state index in [4.69, 9.17) is 14.2 Å². The number of carboxylic acids is 1. The van der Waals surface area contributed by atoms with Crippen LogP contribution in [-0.2, 0) is 50.3 Å². The average Bonchev–Trinajstić information content (AvgIpc) is 3.34. The Hall–Kier alpha value is -7.27. The van der Waals surface area contributed by atoms with E-state index in [1.165, 1.54) is 0 Å². The van der Waals surface area contributed by atoms with Gasteiger partial charge in [0.05, 0.1) is 12.2 Å². The van der Waals surface area contributed by atoms with Gasteiger partial charge in [-0.25, -0.2) is 14.4 Å². The van der Waals surface area contributed by atoms with Gasteiger partial charge in [0.2, 0.25) is 23.6 Å². The van der Waals surface area contributed by atoms with Gasteiger partial charge in [-0.3, -0.25) is 19.2 Å². The number of unbranched alkanes of at least 4 members (excludes halogenated alkanes) is 1. The third-order valence-electron chi connectivity index (χ3n) is 11.3. The van der Waals surface area contributed by atoms with Crippen LogP contribution in [0.4, 0.5) is 9.59 Å². The molecule has 0 aromatic heterocycles. The van der Waals surface area contributed by atoms with Gasteiger partial charge in [0, 0.05) is 13.0 Å². The fourth-order valence-corrected chi connectivity index (χ4v) is 7.78. The van der Waals surface area contributed by atoms with Gasteiger partial charge < -0.3 is 51.2 Å². The van der Waals surface area contributed by atoms with Gasteiger partial charge in [-0.15, -0.1) is 0 Å². The number of carbonyl (C=O) groups excluding carboxylic acids is 6. The summed E-state index contributed by atoms with van der Waals surface area (Å²) in [7, 11) is 0. The monoisotopic (exact) mass is 1010 g/mol. The molecule has 17 nitrogen and oxygen atoms in total. The molecule has 0 heterocycles. The van der Waals surface area contributed by atoms with Crippen LogP contribution in [0, 0.1) is 5.92 Å². The van der Waals surface area contributed by atoms with Crippen LogP contribution < -0.4 is 31.9 Å². The van der Waals surface area contributed by atoms with Gasteiger partial charge in [0.15, 0.2) is 0 Å². The molecular formula is C56H74N6O11. The summed E-state index contributed by atoms with van der Waals surface area (Å²) in [6, 6.07) is 31.8. The molecule has 394 valence electrons. The van der Waals surface area contributed by atoms with Gasteiger partial charge in [-0.1, -0.05) is 135 Å². The molecule has 17 heteroatoms. The quantitative estimate of drug-likeness (QED) is 0.0244. The summed E-state index contributed by atoms with van der Waals surface area (Å²) in [5, 5.41) is 26.8. The fourth-order valence-electron chi connectivity index (χ4n) is 7.78. The Bertz CT molecular complexity index is 2290. The van der Waals surface area contributed by atoms with Crippen molar-refractivity contribution in [3.05, 3.63) is 144 Å². The SMILES string of the molecule is CC(C)C[C@H](NC(=O)[C@H](CCCCNC(=O)OC(C)(C)C)NC(=O)[C@H](COC(C)(C)C)NC(=O)OCc1ccccc1)C(=O)N[C@@H](CCC(=O)NC(c1ccccc1)(c1ccccc1)c1ccccc1)C(=O)O. The van der Waals surface area contributed by atoms with Crippen LogP contribution in [0.1, 0.15) is 116 Å². The molecule has 0 radical (unpaired) electrons. The van der Waals surface area contributed by atoms with E-state index in [0.29, 0.717) is 12.8 Å². The maximum absolute atomic E-state index is 14.3. The van der Waals surface area contributed by atoms with Crippen molar-refractivity contribution in [2.24, 2.45) is 5.92 Å². The Labute approximate surface area is 429 Å². The summed E-state index contributed by atoms with van der Waals surface area (Å²) in [6.07, 6.45) is -1.34. The zero-order valence-corrected chi connectivity index (χ0v) is 43.3. The Morgan fingerprint density at radius 3 is 1.52 bits per heavy atom. The summed E-state index contributed by atoms with van der Waals surface area (Å²) < 4.78 is 16.6. The molecule has 0 saturated carbocycles. The maximum atomic E-state index is 14.3. The molecule has 73 heavy (non-hydrogen) atoms. The largest absolute Gasteiger partial charge is 0.480 e. The van der Waals surface area contributed by atoms with Crippen molar-refractivity contribution in [2.75, 3.05) is 13.2 Å². The first-order valence-electron chi connectivity index (χ1n) is 24.8. The molecule has 4 aromatic rings. The van der Waals surface area contributed by atoms with E-state index in [9.17, 15) is 38.7 Å². The molecule has 0 fully saturated rings. The second-order valence-corrected chi connectivity index (χ2v) is 20.2. The normalized spacial score (nSPS) is 13.3. The highest BCUT2D eigenvalue weighted by Gasteiger charge is 2.39. The highest BCUT2D eigenvalue weighted by Crippen LogP contribution is 2.37. The lowest BCUT2D eigenvalue weighted by molar-refractivity contribution is -0.143. The van der Waals surface area contributed by atoms with Gasteiger partial charge in [0.1, 0.15) is 41.9 Å². The Kier molecular flexibility index (Phi) is 22.4. The number of ether oxygens (including phenoxy) is 3. The smallest absolute Gasteiger partial charge is 0.408 e. The lowest BCUT2D eigenvalue weighted by Crippen LogP contribution is -2.58. The molecule has 0 saturated heterocycles. The van der Waals surface area contributed by atoms with E-state index in [1.54, 1.807) is 65.8 Å². The third-order valence-corrected chi connectivity index (χ3v) is 11.3. The topological polar surface area (TPSA) is 240 Å². The van der Waals surface area contributed by atoms with Crippen molar-refractivity contribution in [1.82, 2.24) is 31.9 Å². The Morgan fingerprint density at radius 1 is 0.548 bits per heavy atom. The van der Waals surface area contributed by atoms with E-state index >= 15 is 0 Å². The van der Waals surface area contributed by atoms with E-state index in [0.717, 1.165) is 22.3 Å². The summed E-state index contributed by atoms with van der Waals surface area (Å²) in [5.74, 6) is -4.40. The molecule has 0 spiro atoms. The predicted molar refractivity (Wildman–Crippen MR) is 277 cm³/mol. The van der Waals surface area contributed by atoms with Gasteiger partial charge >= 0.3 is 18.2 Å². The van der Waals surface area contributed by atoms with Crippen LogP contribution >= 0.6 is 0 Å². The lowest BCUT2D eigenvalue weighted by Gasteiger charge is -2.37. The number of nitrogens with one attached hydrogen (secondary N) is 6. The van der Waals surface area contributed by atoms with E-state index in [1.807, 2.05) is 111 Å². The molecule has 0 aliphatic heterocycles. The minimum atomic E-state index is -1.53. The number of rotatable bonds is 26. The summed E-state index contributed by atoms with van der Waals surface area (Å²) in [4.78, 5) is 94.8. The molecule has 0 unspecified atom stereocenters. The van der Waals surface area contributed by atoms with Crippen LogP contribution in [-0.4, -0.2) is 95.4 Å². The lowest BCUT2D eigenvalue weighted by atomic mass is 9.77. The summed E-state index contributed by atoms with van der Waals surface area (Å²) in [6.45, 7) is 14.0. The van der Waals surface area contributed by atoms with Crippen molar-refractivity contribution < 1.29 is 52.9 Å². The number of benzene rings is 4. The summed E-state index contributed by atoms with van der Waals surface area (Å²) in [5.41, 5.74) is 0.439. The molecule has 0 bridgehead atoms. The molecule has 4 rings (SSSR count). The van der Waals surface area contributed by atoms with Crippen LogP contribution in [0.3, 0.4) is 0 Å². The minimum Gasteiger partial charge on any atom is -0.480 e. The first kappa shape index (κ1) is 58.3. The second-order valence-electron chi connectivity index (χ2n) is 20.2. The molecule has 7 N–H and O–H groups in total. The van der Waals surface area contributed by atoms with Gasteiger partial charge in [0.25, 0.3) is 0 Å². The Balaban J connectivity index is 1.53. The van der Waals surface area contributed by atoms with E-state index in [-0.39, 0.29) is 51.4 Å². The summed E-state index contributed by atoms with van der Waals surface area (Å²) >= 11 is 0. The van der Waals surface area contributed by atoms with Crippen molar-refractivity contribution in [2.45, 2.75) is 141 Å². The average molecular weight is 1010 g/mol. The van der Waals surface area contributed by atoms with Gasteiger partial charge in [-0.2, -0.15) is 0 Å². The molecule has 0 aliphatic carbocycles. The highest BCUT2D eigenvalue weighted by atomic mass is 16.6. The maximum Gasteiger partial charge on any atom is 0.408 e. The predicted octanol–water partition coefficient (Wildman–Crippen LogP) is 7.27. The third kappa shape index (κ3) is 20.0. The van der Waals surface area contributed by atoms with Crippen molar-refractivity contribution >= 4 is 41.8 Å². The molecule has 0 aliphatic rings. The number of aliphatic carboxylic acids is 1. The molecule has 4 aromatic carbocycles. The van der Waals surface area contributed by atoms with Crippen LogP contribution in [0.25, 0.3) is 0 Å². The number of alkyl carbamates (subject to hydrolysis) is 2. The number of hydrogen-bond donors (Lipinski definition) is 7. The van der Waals surface area contributed by atoms with Gasteiger partial charge in [-0.05, 0) is 102 Å². The fraction of sp³-hybridized carbons (Fsp3) is 0.446. The van der Waals surface area contributed by atoms with Crippen LogP contribution in [0.5, 0.6) is 0 Å². The zero-order valence-electron chi connectivity index (χ0n) is 43.3. The van der Waals surface area contributed by atoms with Crippen molar-refractivity contribution in [3.8, 4) is 0 Å². The van der Waals surface area contributed by atoms with Crippen LogP contribution in [0.15, 0.2) is 121 Å². The molecular weight excluding hydrogens is 933 g/mol. The van der Waals surface area contributed by atoms with Crippen molar-refractivity contribution in [3.63, 3.8) is 0 Å². The number of carbonyl (C=O) groups is 7. The number of carboxylic acid groups (broad SMARTS) is 1. The first-order chi connectivity index (χ1) is 34.6. The highest BCUT2D eigenvalue weighted by molar-refractivity contribution is 5.95.